The van der Waals surface area contributed by atoms with E-state index in [0.29, 0.717) is 5.56 Å². The molecule has 0 saturated carbocycles. The standard InChI is InChI=1S/C19H20N4O2/c1-12-8-15-9-16(25-3)5-6-17(15)13(2)23(12)19(24)14-4-7-18-21-20-11-22(18)10-14/h4-7,9-13H,8H2,1-3H3. The second kappa shape index (κ2) is 5.88. The third-order valence-electron chi connectivity index (χ3n) is 4.98. The summed E-state index contributed by atoms with van der Waals surface area (Å²) in [7, 11) is 1.67. The Balaban J connectivity index is 1.70. The molecule has 0 bridgehead atoms. The van der Waals surface area contributed by atoms with Crippen LogP contribution in [0.3, 0.4) is 0 Å². The van der Waals surface area contributed by atoms with E-state index >= 15 is 0 Å². The van der Waals surface area contributed by atoms with Gasteiger partial charge in [-0.1, -0.05) is 6.07 Å². The van der Waals surface area contributed by atoms with Gasteiger partial charge < -0.3 is 9.64 Å². The highest BCUT2D eigenvalue weighted by Gasteiger charge is 2.33. The number of rotatable bonds is 2. The maximum absolute atomic E-state index is 13.2. The Bertz CT molecular complexity index is 950. The van der Waals surface area contributed by atoms with Gasteiger partial charge in [-0.25, -0.2) is 0 Å². The van der Waals surface area contributed by atoms with Crippen LogP contribution in [0.4, 0.5) is 0 Å². The second-order valence-electron chi connectivity index (χ2n) is 6.52. The van der Waals surface area contributed by atoms with Crippen LogP contribution in [0.1, 0.15) is 41.4 Å². The van der Waals surface area contributed by atoms with Crippen molar-refractivity contribution in [2.75, 3.05) is 7.11 Å². The van der Waals surface area contributed by atoms with Gasteiger partial charge in [-0.15, -0.1) is 10.2 Å². The highest BCUT2D eigenvalue weighted by Crippen LogP contribution is 2.35. The van der Waals surface area contributed by atoms with Crippen LogP contribution in [0.2, 0.25) is 0 Å². The lowest BCUT2D eigenvalue weighted by Gasteiger charge is -2.40. The van der Waals surface area contributed by atoms with Crippen molar-refractivity contribution in [1.29, 1.82) is 0 Å². The molecule has 1 aromatic carbocycles. The van der Waals surface area contributed by atoms with Gasteiger partial charge in [0.15, 0.2) is 5.65 Å². The number of nitrogens with zero attached hydrogens (tertiary/aromatic N) is 4. The molecule has 128 valence electrons. The summed E-state index contributed by atoms with van der Waals surface area (Å²) in [4.78, 5) is 15.1. The molecular formula is C19H20N4O2. The number of hydrogen-bond acceptors (Lipinski definition) is 4. The number of amides is 1. The van der Waals surface area contributed by atoms with Gasteiger partial charge in [-0.3, -0.25) is 9.20 Å². The molecule has 3 heterocycles. The van der Waals surface area contributed by atoms with Gasteiger partial charge in [0, 0.05) is 12.2 Å². The molecule has 25 heavy (non-hydrogen) atoms. The Hall–Kier alpha value is -2.89. The second-order valence-corrected chi connectivity index (χ2v) is 6.52. The fourth-order valence-corrected chi connectivity index (χ4v) is 3.72. The first kappa shape index (κ1) is 15.6. The van der Waals surface area contributed by atoms with Crippen molar-refractivity contribution >= 4 is 11.6 Å². The molecule has 0 N–H and O–H groups in total. The zero-order chi connectivity index (χ0) is 17.6. The molecule has 2 unspecified atom stereocenters. The minimum absolute atomic E-state index is 0.00812. The Morgan fingerprint density at radius 3 is 2.88 bits per heavy atom. The van der Waals surface area contributed by atoms with E-state index in [1.807, 2.05) is 23.1 Å². The third kappa shape index (κ3) is 2.54. The zero-order valence-electron chi connectivity index (χ0n) is 14.5. The molecule has 3 aromatic rings. The van der Waals surface area contributed by atoms with E-state index in [4.69, 9.17) is 4.74 Å². The molecule has 6 heteroatoms. The Morgan fingerprint density at radius 1 is 1.24 bits per heavy atom. The average molecular weight is 336 g/mol. The largest absolute Gasteiger partial charge is 0.497 e. The number of aromatic nitrogens is 3. The number of methoxy groups -OCH3 is 1. The fourth-order valence-electron chi connectivity index (χ4n) is 3.72. The predicted molar refractivity (Wildman–Crippen MR) is 93.7 cm³/mol. The monoisotopic (exact) mass is 336 g/mol. The number of carbonyl (C=O) groups excluding carboxylic acids is 1. The van der Waals surface area contributed by atoms with Gasteiger partial charge in [-0.05, 0) is 55.7 Å². The highest BCUT2D eigenvalue weighted by atomic mass is 16.5. The molecule has 2 atom stereocenters. The van der Waals surface area contributed by atoms with E-state index < -0.39 is 0 Å². The first-order chi connectivity index (χ1) is 12.1. The van der Waals surface area contributed by atoms with E-state index in [9.17, 15) is 4.79 Å². The van der Waals surface area contributed by atoms with Gasteiger partial charge in [0.1, 0.15) is 12.1 Å². The molecule has 0 saturated heterocycles. The van der Waals surface area contributed by atoms with E-state index in [2.05, 4.69) is 36.2 Å². The summed E-state index contributed by atoms with van der Waals surface area (Å²) < 4.78 is 7.10. The summed E-state index contributed by atoms with van der Waals surface area (Å²) in [6.45, 7) is 4.17. The van der Waals surface area contributed by atoms with Crippen molar-refractivity contribution in [2.45, 2.75) is 32.4 Å². The van der Waals surface area contributed by atoms with Gasteiger partial charge in [0.05, 0.1) is 18.7 Å². The normalized spacial score (nSPS) is 19.7. The maximum Gasteiger partial charge on any atom is 0.256 e. The van der Waals surface area contributed by atoms with Crippen LogP contribution in [0.15, 0.2) is 42.9 Å². The first-order valence-electron chi connectivity index (χ1n) is 8.37. The van der Waals surface area contributed by atoms with Crippen molar-refractivity contribution in [1.82, 2.24) is 19.5 Å². The van der Waals surface area contributed by atoms with Crippen LogP contribution in [-0.2, 0) is 6.42 Å². The van der Waals surface area contributed by atoms with Crippen molar-refractivity contribution in [3.8, 4) is 5.75 Å². The smallest absolute Gasteiger partial charge is 0.256 e. The lowest BCUT2D eigenvalue weighted by Crippen LogP contribution is -2.45. The van der Waals surface area contributed by atoms with Crippen LogP contribution in [0, 0.1) is 0 Å². The summed E-state index contributed by atoms with van der Waals surface area (Å²) in [5.41, 5.74) is 3.80. The van der Waals surface area contributed by atoms with Crippen LogP contribution in [-0.4, -0.2) is 38.6 Å². The number of carbonyl (C=O) groups is 1. The number of ether oxygens (including phenoxy) is 1. The average Bonchev–Trinajstić information content (AvgIpc) is 3.08. The lowest BCUT2D eigenvalue weighted by molar-refractivity contribution is 0.0580. The molecular weight excluding hydrogens is 316 g/mol. The summed E-state index contributed by atoms with van der Waals surface area (Å²) in [6, 6.07) is 9.85. The van der Waals surface area contributed by atoms with Gasteiger partial charge in [0.25, 0.3) is 5.91 Å². The zero-order valence-corrected chi connectivity index (χ0v) is 14.5. The SMILES string of the molecule is COc1ccc2c(c1)CC(C)N(C(=O)c1ccc3nncn3c1)C2C. The number of hydrogen-bond donors (Lipinski definition) is 0. The molecule has 0 spiro atoms. The van der Waals surface area contributed by atoms with Crippen molar-refractivity contribution in [3.63, 3.8) is 0 Å². The fraction of sp³-hybridized carbons (Fsp3) is 0.316. The number of fused-ring (bicyclic) bond motifs is 2. The van der Waals surface area contributed by atoms with E-state index in [1.54, 1.807) is 24.0 Å². The van der Waals surface area contributed by atoms with Gasteiger partial charge >= 0.3 is 0 Å². The number of pyridine rings is 1. The molecule has 2 aromatic heterocycles. The Kier molecular flexibility index (Phi) is 3.67. The third-order valence-corrected chi connectivity index (χ3v) is 4.98. The van der Waals surface area contributed by atoms with Gasteiger partial charge in [-0.2, -0.15) is 0 Å². The first-order valence-corrected chi connectivity index (χ1v) is 8.37. The van der Waals surface area contributed by atoms with E-state index in [-0.39, 0.29) is 18.0 Å². The van der Waals surface area contributed by atoms with Gasteiger partial charge in [0.2, 0.25) is 0 Å². The molecule has 0 radical (unpaired) electrons. The molecule has 1 aliphatic rings. The van der Waals surface area contributed by atoms with Crippen LogP contribution in [0.5, 0.6) is 5.75 Å². The van der Waals surface area contributed by atoms with Crippen molar-refractivity contribution < 1.29 is 9.53 Å². The minimum atomic E-state index is 0.00812. The van der Waals surface area contributed by atoms with Crippen LogP contribution in [0.25, 0.3) is 5.65 Å². The quantitative estimate of drug-likeness (QED) is 0.722. The highest BCUT2D eigenvalue weighted by molar-refractivity contribution is 5.95. The Labute approximate surface area is 146 Å². The van der Waals surface area contributed by atoms with E-state index in [1.165, 1.54) is 11.1 Å². The molecule has 4 rings (SSSR count). The van der Waals surface area contributed by atoms with Crippen molar-refractivity contribution in [3.05, 3.63) is 59.5 Å². The van der Waals surface area contributed by atoms with Crippen LogP contribution >= 0.6 is 0 Å². The molecule has 1 aliphatic heterocycles. The molecule has 1 amide bonds. The predicted octanol–water partition coefficient (Wildman–Crippen LogP) is 2.89. The summed E-state index contributed by atoms with van der Waals surface area (Å²) in [5, 5.41) is 7.85. The molecule has 6 nitrogen and oxygen atoms in total. The molecule has 0 aliphatic carbocycles. The summed E-state index contributed by atoms with van der Waals surface area (Å²) in [5.74, 6) is 0.882. The minimum Gasteiger partial charge on any atom is -0.497 e. The van der Waals surface area contributed by atoms with Crippen molar-refractivity contribution in [2.24, 2.45) is 0 Å². The molecule has 0 fully saturated rings. The topological polar surface area (TPSA) is 59.7 Å². The lowest BCUT2D eigenvalue weighted by atomic mass is 9.88. The number of benzene rings is 1. The Morgan fingerprint density at radius 2 is 2.08 bits per heavy atom. The summed E-state index contributed by atoms with van der Waals surface area (Å²) >= 11 is 0. The summed E-state index contributed by atoms with van der Waals surface area (Å²) in [6.07, 6.45) is 4.22. The van der Waals surface area contributed by atoms with E-state index in [0.717, 1.165) is 17.8 Å². The maximum atomic E-state index is 13.2. The van der Waals surface area contributed by atoms with Crippen LogP contribution < -0.4 is 4.74 Å².